The average Bonchev–Trinajstić information content (AvgIpc) is 2.81. The van der Waals surface area contributed by atoms with Crippen molar-refractivity contribution in [2.24, 2.45) is 0 Å². The van der Waals surface area contributed by atoms with E-state index in [-0.39, 0.29) is 6.61 Å². The fourth-order valence-corrected chi connectivity index (χ4v) is 1.92. The van der Waals surface area contributed by atoms with Gasteiger partial charge in [-0.1, -0.05) is 0 Å². The highest BCUT2D eigenvalue weighted by atomic mass is 19.1. The Bertz CT molecular complexity index is 579. The van der Waals surface area contributed by atoms with E-state index in [0.717, 1.165) is 11.1 Å². The summed E-state index contributed by atoms with van der Waals surface area (Å²) >= 11 is 0. The van der Waals surface area contributed by atoms with E-state index in [4.69, 9.17) is 4.74 Å². The first-order valence-corrected chi connectivity index (χ1v) is 6.21. The maximum absolute atomic E-state index is 14.0. The number of aromatic nitrogens is 1. The average molecular weight is 265 g/mol. The molecule has 2 rings (SSSR count). The molecule has 2 aromatic rings. The summed E-state index contributed by atoms with van der Waals surface area (Å²) in [5, 5.41) is 0.817. The number of nitrogens with zero attached hydrogens (tertiary/aromatic N) is 1. The highest BCUT2D eigenvalue weighted by Gasteiger charge is 2.21. The van der Waals surface area contributed by atoms with Crippen molar-refractivity contribution in [3.63, 3.8) is 0 Å². The number of hydrogen-bond donors (Lipinski definition) is 0. The predicted octanol–water partition coefficient (Wildman–Crippen LogP) is 3.07. The Morgan fingerprint density at radius 1 is 1.32 bits per heavy atom. The molecule has 0 saturated heterocycles. The Balaban J connectivity index is 2.32. The van der Waals surface area contributed by atoms with Crippen LogP contribution in [0.1, 0.15) is 20.1 Å². The second-order valence-electron chi connectivity index (χ2n) is 3.96. The summed E-state index contributed by atoms with van der Waals surface area (Å²) in [6.45, 7) is 4.27. The van der Waals surface area contributed by atoms with Crippen LogP contribution >= 0.6 is 0 Å². The molecule has 0 aliphatic carbocycles. The molecule has 0 aliphatic heterocycles. The number of rotatable bonds is 5. The number of hydrogen-bond acceptors (Lipinski definition) is 3. The maximum Gasteiger partial charge on any atom is 0.362 e. The number of esters is 1. The van der Waals surface area contributed by atoms with E-state index in [0.29, 0.717) is 12.1 Å². The molecule has 1 aromatic carbocycles. The van der Waals surface area contributed by atoms with E-state index in [9.17, 15) is 9.18 Å². The van der Waals surface area contributed by atoms with Gasteiger partial charge in [-0.2, -0.15) is 0 Å². The van der Waals surface area contributed by atoms with Gasteiger partial charge in [-0.3, -0.25) is 0 Å². The number of benzene rings is 1. The molecule has 102 valence electrons. The van der Waals surface area contributed by atoms with Crippen molar-refractivity contribution >= 4 is 16.9 Å². The molecule has 0 amide bonds. The fourth-order valence-electron chi connectivity index (χ4n) is 1.92. The van der Waals surface area contributed by atoms with E-state index in [1.807, 2.05) is 13.0 Å². The van der Waals surface area contributed by atoms with Gasteiger partial charge >= 0.3 is 5.97 Å². The monoisotopic (exact) mass is 265 g/mol. The van der Waals surface area contributed by atoms with Crippen molar-refractivity contribution in [3.05, 3.63) is 30.5 Å². The van der Waals surface area contributed by atoms with Crippen LogP contribution in [0.15, 0.2) is 30.5 Å². The molecule has 1 heterocycles. The van der Waals surface area contributed by atoms with Gasteiger partial charge in [0, 0.05) is 11.6 Å². The molecule has 0 saturated carbocycles. The van der Waals surface area contributed by atoms with Crippen LogP contribution in [0.5, 0.6) is 5.75 Å². The summed E-state index contributed by atoms with van der Waals surface area (Å²) in [7, 11) is 0. The summed E-state index contributed by atoms with van der Waals surface area (Å²) < 4.78 is 25.3. The van der Waals surface area contributed by atoms with E-state index in [1.54, 1.807) is 25.1 Å². The minimum absolute atomic E-state index is 0.160. The van der Waals surface area contributed by atoms with Crippen LogP contribution in [-0.4, -0.2) is 23.8 Å². The van der Waals surface area contributed by atoms with Crippen LogP contribution in [0.2, 0.25) is 0 Å². The Hall–Kier alpha value is -2.04. The normalized spacial score (nSPS) is 12.4. The van der Waals surface area contributed by atoms with Crippen LogP contribution in [0, 0.1) is 0 Å². The summed E-state index contributed by atoms with van der Waals surface area (Å²) in [6, 6.07) is 7.03. The zero-order valence-electron chi connectivity index (χ0n) is 10.9. The Morgan fingerprint density at radius 3 is 2.79 bits per heavy atom. The van der Waals surface area contributed by atoms with Crippen LogP contribution < -0.4 is 4.74 Å². The molecule has 1 atom stereocenters. The number of fused-ring (bicyclic) bond motifs is 1. The lowest BCUT2D eigenvalue weighted by atomic mass is 10.2. The standard InChI is InChI=1S/C14H16FNO3/c1-3-18-11-5-6-12-10(9-11)7-8-16(12)13(15)14(17)19-4-2/h5-9,13H,3-4H2,1-2H3. The minimum Gasteiger partial charge on any atom is -0.494 e. The third kappa shape index (κ3) is 2.70. The maximum atomic E-state index is 14.0. The lowest BCUT2D eigenvalue weighted by molar-refractivity contribution is -0.152. The number of halogens is 1. The third-order valence-corrected chi connectivity index (χ3v) is 2.73. The van der Waals surface area contributed by atoms with Crippen molar-refractivity contribution in [2.75, 3.05) is 13.2 Å². The molecule has 0 fully saturated rings. The lowest BCUT2D eigenvalue weighted by Gasteiger charge is -2.11. The summed E-state index contributed by atoms with van der Waals surface area (Å²) in [5.41, 5.74) is 0.629. The number of carbonyl (C=O) groups excluding carboxylic acids is 1. The molecule has 1 aromatic heterocycles. The van der Waals surface area contributed by atoms with Gasteiger partial charge in [-0.15, -0.1) is 0 Å². The minimum atomic E-state index is -1.82. The largest absolute Gasteiger partial charge is 0.494 e. The molecular formula is C14H16FNO3. The van der Waals surface area contributed by atoms with Crippen molar-refractivity contribution in [1.29, 1.82) is 0 Å². The van der Waals surface area contributed by atoms with E-state index >= 15 is 0 Å². The second kappa shape index (κ2) is 5.73. The summed E-state index contributed by atoms with van der Waals surface area (Å²) in [5.74, 6) is -0.159. The Kier molecular flexibility index (Phi) is 4.04. The smallest absolute Gasteiger partial charge is 0.362 e. The van der Waals surface area contributed by atoms with Crippen molar-refractivity contribution in [3.8, 4) is 5.75 Å². The zero-order chi connectivity index (χ0) is 13.8. The van der Waals surface area contributed by atoms with Gasteiger partial charge in [0.1, 0.15) is 5.75 Å². The second-order valence-corrected chi connectivity index (χ2v) is 3.96. The van der Waals surface area contributed by atoms with E-state index < -0.39 is 12.3 Å². The highest BCUT2D eigenvalue weighted by Crippen LogP contribution is 2.25. The zero-order valence-corrected chi connectivity index (χ0v) is 10.9. The highest BCUT2D eigenvalue weighted by molar-refractivity contribution is 5.84. The van der Waals surface area contributed by atoms with Gasteiger partial charge in [0.05, 0.1) is 18.7 Å². The number of ether oxygens (including phenoxy) is 2. The number of alkyl halides is 1. The molecule has 5 heteroatoms. The fraction of sp³-hybridized carbons (Fsp3) is 0.357. The van der Waals surface area contributed by atoms with E-state index in [2.05, 4.69) is 4.74 Å². The van der Waals surface area contributed by atoms with Crippen molar-refractivity contribution in [1.82, 2.24) is 4.57 Å². The molecule has 0 spiro atoms. The van der Waals surface area contributed by atoms with Crippen molar-refractivity contribution in [2.45, 2.75) is 20.1 Å². The van der Waals surface area contributed by atoms with Gasteiger partial charge < -0.3 is 14.0 Å². The van der Waals surface area contributed by atoms with Gasteiger partial charge in [0.2, 0.25) is 0 Å². The molecule has 0 bridgehead atoms. The topological polar surface area (TPSA) is 40.5 Å². The molecule has 0 N–H and O–H groups in total. The van der Waals surface area contributed by atoms with Crippen LogP contribution in [-0.2, 0) is 9.53 Å². The molecule has 0 aliphatic rings. The first kappa shape index (κ1) is 13.4. The molecule has 4 nitrogen and oxygen atoms in total. The van der Waals surface area contributed by atoms with Crippen LogP contribution in [0.3, 0.4) is 0 Å². The van der Waals surface area contributed by atoms with Gasteiger partial charge in [-0.05, 0) is 38.1 Å². The summed E-state index contributed by atoms with van der Waals surface area (Å²) in [6.07, 6.45) is -0.294. The SMILES string of the molecule is CCOC(=O)C(F)n1ccc2cc(OCC)ccc21. The van der Waals surface area contributed by atoms with Gasteiger partial charge in [-0.25, -0.2) is 9.18 Å². The van der Waals surface area contributed by atoms with Crippen molar-refractivity contribution < 1.29 is 18.7 Å². The predicted molar refractivity (Wildman–Crippen MR) is 69.9 cm³/mol. The first-order valence-electron chi connectivity index (χ1n) is 6.21. The van der Waals surface area contributed by atoms with Crippen LogP contribution in [0.4, 0.5) is 4.39 Å². The molecule has 1 unspecified atom stereocenters. The van der Waals surface area contributed by atoms with Gasteiger partial charge in [0.15, 0.2) is 0 Å². The molecule has 0 radical (unpaired) electrons. The third-order valence-electron chi connectivity index (χ3n) is 2.73. The Morgan fingerprint density at radius 2 is 2.11 bits per heavy atom. The molecule has 19 heavy (non-hydrogen) atoms. The number of carbonyl (C=O) groups is 1. The van der Waals surface area contributed by atoms with Crippen LogP contribution in [0.25, 0.3) is 10.9 Å². The van der Waals surface area contributed by atoms with Gasteiger partial charge in [0.25, 0.3) is 6.30 Å². The summed E-state index contributed by atoms with van der Waals surface area (Å²) in [4.78, 5) is 11.4. The first-order chi connectivity index (χ1) is 9.17. The lowest BCUT2D eigenvalue weighted by Crippen LogP contribution is -2.17. The molecular weight excluding hydrogens is 249 g/mol. The quantitative estimate of drug-likeness (QED) is 0.780. The van der Waals surface area contributed by atoms with E-state index in [1.165, 1.54) is 10.8 Å². The Labute approximate surface area is 110 Å².